The van der Waals surface area contributed by atoms with Crippen LogP contribution in [0.3, 0.4) is 0 Å². The molecule has 2 heterocycles. The first-order valence-electron chi connectivity index (χ1n) is 5.83. The Morgan fingerprint density at radius 3 is 2.90 bits per heavy atom. The van der Waals surface area contributed by atoms with Gasteiger partial charge >= 0.3 is 0 Å². The number of hydrogen-bond acceptors (Lipinski definition) is 5. The summed E-state index contributed by atoms with van der Waals surface area (Å²) in [4.78, 5) is 0.824. The lowest BCUT2D eigenvalue weighted by molar-refractivity contribution is 0.416. The van der Waals surface area contributed by atoms with Crippen molar-refractivity contribution in [3.05, 3.63) is 41.5 Å². The van der Waals surface area contributed by atoms with Crippen LogP contribution < -0.4 is 10.5 Å². The van der Waals surface area contributed by atoms with E-state index in [1.807, 2.05) is 11.4 Å². The average Bonchev–Trinajstić information content (AvgIpc) is 3.04. The Labute approximate surface area is 118 Å². The summed E-state index contributed by atoms with van der Waals surface area (Å²) < 4.78 is 23.8. The second-order valence-corrected chi connectivity index (χ2v) is 5.04. The second-order valence-electron chi connectivity index (χ2n) is 4.13. The number of nitrogens with two attached hydrogens (primary N) is 1. The van der Waals surface area contributed by atoms with E-state index in [1.54, 1.807) is 19.2 Å². The Bertz CT molecular complexity index is 751. The van der Waals surface area contributed by atoms with Crippen molar-refractivity contribution < 1.29 is 13.7 Å². The molecule has 2 N–H and O–H groups in total. The van der Waals surface area contributed by atoms with Crippen LogP contribution in [-0.2, 0) is 0 Å². The molecule has 0 aliphatic heterocycles. The number of hydrogen-bond donors (Lipinski definition) is 1. The molecule has 6 heteroatoms. The van der Waals surface area contributed by atoms with Gasteiger partial charge in [-0.1, -0.05) is 17.3 Å². The number of methoxy groups -OCH3 is 1. The Morgan fingerprint density at radius 1 is 1.35 bits per heavy atom. The van der Waals surface area contributed by atoms with Crippen molar-refractivity contribution >= 4 is 17.2 Å². The van der Waals surface area contributed by atoms with Gasteiger partial charge in [0, 0.05) is 11.4 Å². The molecule has 0 saturated carbocycles. The van der Waals surface area contributed by atoms with Crippen LogP contribution in [0.4, 0.5) is 10.2 Å². The van der Waals surface area contributed by atoms with E-state index in [0.717, 1.165) is 10.6 Å². The zero-order valence-electron chi connectivity index (χ0n) is 10.6. The molecule has 0 fully saturated rings. The Balaban J connectivity index is 2.14. The zero-order valence-corrected chi connectivity index (χ0v) is 11.4. The molecule has 0 aliphatic carbocycles. The molecule has 0 amide bonds. The van der Waals surface area contributed by atoms with Gasteiger partial charge in [-0.3, -0.25) is 0 Å². The van der Waals surface area contributed by atoms with E-state index >= 15 is 0 Å². The van der Waals surface area contributed by atoms with Crippen molar-refractivity contribution in [2.24, 2.45) is 0 Å². The van der Waals surface area contributed by atoms with Crippen molar-refractivity contribution in [3.8, 4) is 27.5 Å². The summed E-state index contributed by atoms with van der Waals surface area (Å²) in [6.45, 7) is 0. The normalized spacial score (nSPS) is 10.7. The lowest BCUT2D eigenvalue weighted by Crippen LogP contribution is -1.89. The van der Waals surface area contributed by atoms with Gasteiger partial charge < -0.3 is 15.0 Å². The van der Waals surface area contributed by atoms with Crippen molar-refractivity contribution in [1.82, 2.24) is 5.16 Å². The number of nitrogen functional groups attached to an aromatic ring is 1. The van der Waals surface area contributed by atoms with E-state index in [-0.39, 0.29) is 11.6 Å². The van der Waals surface area contributed by atoms with Gasteiger partial charge in [0.2, 0.25) is 0 Å². The molecule has 0 unspecified atom stereocenters. The number of benzene rings is 1. The second kappa shape index (κ2) is 4.97. The van der Waals surface area contributed by atoms with E-state index in [0.29, 0.717) is 16.9 Å². The molecule has 0 bridgehead atoms. The Hall–Kier alpha value is -2.34. The summed E-state index contributed by atoms with van der Waals surface area (Å²) in [6, 6.07) is 7.99. The van der Waals surface area contributed by atoms with Gasteiger partial charge in [0.25, 0.3) is 0 Å². The van der Waals surface area contributed by atoms with E-state index in [9.17, 15) is 4.39 Å². The smallest absolute Gasteiger partial charge is 0.186 e. The molecule has 3 rings (SSSR count). The van der Waals surface area contributed by atoms with Crippen molar-refractivity contribution in [3.63, 3.8) is 0 Å². The summed E-state index contributed by atoms with van der Waals surface area (Å²) in [7, 11) is 1.59. The molecule has 2 aromatic heterocycles. The molecule has 20 heavy (non-hydrogen) atoms. The fraction of sp³-hybridized carbons (Fsp3) is 0.0714. The minimum Gasteiger partial charge on any atom is -0.496 e. The molecule has 102 valence electrons. The fourth-order valence-electron chi connectivity index (χ4n) is 1.94. The molecule has 0 saturated heterocycles. The van der Waals surface area contributed by atoms with Crippen LogP contribution in [0.25, 0.3) is 21.8 Å². The first-order valence-corrected chi connectivity index (χ1v) is 6.71. The molecule has 1 aromatic carbocycles. The van der Waals surface area contributed by atoms with Gasteiger partial charge in [0.05, 0.1) is 17.6 Å². The molecule has 3 aromatic rings. The summed E-state index contributed by atoms with van der Waals surface area (Å²) in [6.07, 6.45) is 0. The maximum absolute atomic E-state index is 13.4. The monoisotopic (exact) mass is 290 g/mol. The van der Waals surface area contributed by atoms with Crippen LogP contribution in [-0.4, -0.2) is 12.3 Å². The van der Waals surface area contributed by atoms with Gasteiger partial charge in [0.1, 0.15) is 11.6 Å². The highest BCUT2D eigenvalue weighted by Crippen LogP contribution is 2.40. The van der Waals surface area contributed by atoms with Crippen LogP contribution in [0, 0.1) is 5.82 Å². The van der Waals surface area contributed by atoms with Crippen LogP contribution >= 0.6 is 11.3 Å². The minimum absolute atomic E-state index is 0.234. The van der Waals surface area contributed by atoms with Gasteiger partial charge in [0.15, 0.2) is 11.6 Å². The highest BCUT2D eigenvalue weighted by molar-refractivity contribution is 7.13. The van der Waals surface area contributed by atoms with Crippen LogP contribution in [0.5, 0.6) is 5.75 Å². The van der Waals surface area contributed by atoms with E-state index in [1.165, 1.54) is 23.5 Å². The third kappa shape index (κ3) is 2.14. The van der Waals surface area contributed by atoms with Gasteiger partial charge in [-0.15, -0.1) is 11.3 Å². The van der Waals surface area contributed by atoms with Crippen molar-refractivity contribution in [2.75, 3.05) is 12.8 Å². The Morgan fingerprint density at radius 2 is 2.20 bits per heavy atom. The lowest BCUT2D eigenvalue weighted by Gasteiger charge is -2.01. The summed E-state index contributed by atoms with van der Waals surface area (Å²) in [5, 5.41) is 5.63. The first kappa shape index (κ1) is 12.7. The molecular weight excluding hydrogens is 279 g/mol. The predicted octanol–water partition coefficient (Wildman–Crippen LogP) is 3.80. The molecule has 0 atom stereocenters. The van der Waals surface area contributed by atoms with E-state index in [4.69, 9.17) is 15.0 Å². The lowest BCUT2D eigenvalue weighted by atomic mass is 10.1. The summed E-state index contributed by atoms with van der Waals surface area (Å²) in [5.74, 6) is 1.14. The molecule has 4 nitrogen and oxygen atoms in total. The van der Waals surface area contributed by atoms with E-state index < -0.39 is 0 Å². The third-order valence-electron chi connectivity index (χ3n) is 2.87. The highest BCUT2D eigenvalue weighted by atomic mass is 32.1. The number of anilines is 1. The largest absolute Gasteiger partial charge is 0.496 e. The van der Waals surface area contributed by atoms with Gasteiger partial charge in [-0.2, -0.15) is 0 Å². The average molecular weight is 290 g/mol. The van der Waals surface area contributed by atoms with Crippen LogP contribution in [0.15, 0.2) is 40.2 Å². The SMILES string of the molecule is COc1csc(-c2onc(N)c2-c2cccc(F)c2)c1. The number of ether oxygens (including phenoxy) is 1. The zero-order chi connectivity index (χ0) is 14.1. The molecular formula is C14H11FN2O2S. The molecule has 0 aliphatic rings. The fourth-order valence-corrected chi connectivity index (χ4v) is 2.78. The third-order valence-corrected chi connectivity index (χ3v) is 3.77. The van der Waals surface area contributed by atoms with Gasteiger partial charge in [-0.25, -0.2) is 4.39 Å². The van der Waals surface area contributed by atoms with Crippen molar-refractivity contribution in [2.45, 2.75) is 0 Å². The number of halogens is 1. The van der Waals surface area contributed by atoms with Crippen LogP contribution in [0.1, 0.15) is 0 Å². The quantitative estimate of drug-likeness (QED) is 0.797. The topological polar surface area (TPSA) is 61.3 Å². The standard InChI is InChI=1S/C14H11FN2O2S/c1-18-10-6-11(20-7-10)13-12(14(16)17-19-13)8-3-2-4-9(15)5-8/h2-7H,1H3,(H2,16,17). The van der Waals surface area contributed by atoms with E-state index in [2.05, 4.69) is 5.16 Å². The molecule has 0 spiro atoms. The Kier molecular flexibility index (Phi) is 3.15. The molecule has 0 radical (unpaired) electrons. The maximum atomic E-state index is 13.4. The maximum Gasteiger partial charge on any atom is 0.186 e. The first-order chi connectivity index (χ1) is 9.69. The predicted molar refractivity (Wildman–Crippen MR) is 76.2 cm³/mol. The van der Waals surface area contributed by atoms with Crippen molar-refractivity contribution in [1.29, 1.82) is 0 Å². The minimum atomic E-state index is -0.335. The summed E-state index contributed by atoms with van der Waals surface area (Å²) >= 11 is 1.45. The summed E-state index contributed by atoms with van der Waals surface area (Å²) in [5.41, 5.74) is 7.07. The van der Waals surface area contributed by atoms with Crippen LogP contribution in [0.2, 0.25) is 0 Å². The number of rotatable bonds is 3. The number of aromatic nitrogens is 1. The number of thiophene rings is 1. The number of nitrogens with zero attached hydrogens (tertiary/aromatic N) is 1. The highest BCUT2D eigenvalue weighted by Gasteiger charge is 2.19. The van der Waals surface area contributed by atoms with Gasteiger partial charge in [-0.05, 0) is 17.7 Å².